The number of aliphatic carboxylic acids is 1. The number of carboxylic acid groups (broad SMARTS) is 1. The van der Waals surface area contributed by atoms with E-state index in [1.54, 1.807) is 31.3 Å². The fraction of sp³-hybridized carbons (Fsp3) is 0.130. The standard InChI is InChI=1S/C21H15ClF3N5O.C2HF3O2/c1-27-18-13-8-9-15(28-19(13)30-20(26)29-18)17-14(21(23,24)25)6-3-7-16(17)31-12-5-2-4-11(22)10-12;3-2(4,5)1(6)7/h2-10H,1H3,(H3,26,27,28,29,30);(H,6,7). The number of aromatic nitrogens is 3. The molecule has 2 aromatic carbocycles. The number of carbonyl (C=O) groups is 1. The van der Waals surface area contributed by atoms with Gasteiger partial charge in [-0.1, -0.05) is 23.7 Å². The Labute approximate surface area is 215 Å². The number of benzene rings is 2. The first-order valence-corrected chi connectivity index (χ1v) is 10.6. The maximum Gasteiger partial charge on any atom is 0.490 e. The second-order valence-electron chi connectivity index (χ2n) is 7.29. The number of pyridine rings is 1. The van der Waals surface area contributed by atoms with E-state index in [4.69, 9.17) is 32.0 Å². The Morgan fingerprint density at radius 1 is 1.00 bits per heavy atom. The normalized spacial score (nSPS) is 11.5. The number of nitrogens with zero attached hydrogens (tertiary/aromatic N) is 3. The maximum absolute atomic E-state index is 13.9. The summed E-state index contributed by atoms with van der Waals surface area (Å²) in [5.74, 6) is -2.13. The van der Waals surface area contributed by atoms with Crippen LogP contribution in [0.25, 0.3) is 22.3 Å². The molecule has 200 valence electrons. The monoisotopic (exact) mass is 559 g/mol. The number of fused-ring (bicyclic) bond motifs is 1. The first-order valence-electron chi connectivity index (χ1n) is 10.3. The number of hydrogen-bond donors (Lipinski definition) is 3. The lowest BCUT2D eigenvalue weighted by Crippen LogP contribution is -2.21. The number of hydrogen-bond acceptors (Lipinski definition) is 7. The van der Waals surface area contributed by atoms with Gasteiger partial charge in [0.25, 0.3) is 0 Å². The summed E-state index contributed by atoms with van der Waals surface area (Å²) in [7, 11) is 1.64. The van der Waals surface area contributed by atoms with Crippen LogP contribution in [0.5, 0.6) is 11.5 Å². The largest absolute Gasteiger partial charge is 0.490 e. The van der Waals surface area contributed by atoms with E-state index in [2.05, 4.69) is 20.3 Å². The molecule has 4 aromatic rings. The molecule has 15 heteroatoms. The van der Waals surface area contributed by atoms with Crippen molar-refractivity contribution in [2.45, 2.75) is 12.4 Å². The van der Waals surface area contributed by atoms with Crippen LogP contribution in [0.3, 0.4) is 0 Å². The van der Waals surface area contributed by atoms with Crippen LogP contribution in [0.15, 0.2) is 54.6 Å². The summed E-state index contributed by atoms with van der Waals surface area (Å²) in [6, 6.07) is 13.1. The minimum absolute atomic E-state index is 0.0256. The molecule has 8 nitrogen and oxygen atoms in total. The van der Waals surface area contributed by atoms with Crippen LogP contribution in [0.2, 0.25) is 5.02 Å². The van der Waals surface area contributed by atoms with Gasteiger partial charge in [-0.3, -0.25) is 0 Å². The summed E-state index contributed by atoms with van der Waals surface area (Å²) in [4.78, 5) is 21.4. The highest BCUT2D eigenvalue weighted by molar-refractivity contribution is 6.30. The van der Waals surface area contributed by atoms with Crippen LogP contribution in [-0.4, -0.2) is 39.3 Å². The van der Waals surface area contributed by atoms with Gasteiger partial charge in [-0.05, 0) is 42.5 Å². The molecule has 0 fully saturated rings. The van der Waals surface area contributed by atoms with Gasteiger partial charge in [0.15, 0.2) is 5.65 Å². The molecule has 0 aliphatic heterocycles. The van der Waals surface area contributed by atoms with E-state index in [0.717, 1.165) is 6.07 Å². The molecular weight excluding hydrogens is 544 g/mol. The quantitative estimate of drug-likeness (QED) is 0.245. The number of alkyl halides is 6. The van der Waals surface area contributed by atoms with Crippen LogP contribution in [0, 0.1) is 0 Å². The number of nitrogen functional groups attached to an aromatic ring is 1. The van der Waals surface area contributed by atoms with E-state index in [1.165, 1.54) is 24.3 Å². The SMILES string of the molecule is CNc1nc(N)nc2nc(-c3c(Oc4cccc(Cl)c4)cccc3C(F)(F)F)ccc12.O=C(O)C(F)(F)F. The smallest absolute Gasteiger partial charge is 0.475 e. The van der Waals surface area contributed by atoms with Gasteiger partial charge < -0.3 is 20.9 Å². The highest BCUT2D eigenvalue weighted by Gasteiger charge is 2.38. The van der Waals surface area contributed by atoms with Crippen molar-refractivity contribution in [2.24, 2.45) is 0 Å². The van der Waals surface area contributed by atoms with Crippen molar-refractivity contribution in [1.82, 2.24) is 15.0 Å². The zero-order valence-corrected chi connectivity index (χ0v) is 19.8. The summed E-state index contributed by atoms with van der Waals surface area (Å²) in [5.41, 5.74) is 4.78. The number of ether oxygens (including phenoxy) is 1. The molecule has 38 heavy (non-hydrogen) atoms. The second kappa shape index (κ2) is 11.0. The van der Waals surface area contributed by atoms with Crippen LogP contribution in [-0.2, 0) is 11.0 Å². The lowest BCUT2D eigenvalue weighted by molar-refractivity contribution is -0.192. The highest BCUT2D eigenvalue weighted by atomic mass is 35.5. The summed E-state index contributed by atoms with van der Waals surface area (Å²) >= 11 is 5.98. The van der Waals surface area contributed by atoms with Gasteiger partial charge in [0.1, 0.15) is 17.3 Å². The van der Waals surface area contributed by atoms with Crippen molar-refractivity contribution < 1.29 is 41.0 Å². The van der Waals surface area contributed by atoms with E-state index in [-0.39, 0.29) is 34.4 Å². The minimum Gasteiger partial charge on any atom is -0.475 e. The number of carboxylic acids is 1. The topological polar surface area (TPSA) is 123 Å². The van der Waals surface area contributed by atoms with E-state index in [9.17, 15) is 26.3 Å². The molecule has 0 bridgehead atoms. The third-order valence-electron chi connectivity index (χ3n) is 4.67. The number of halogens is 7. The first-order chi connectivity index (χ1) is 17.7. The molecule has 0 spiro atoms. The van der Waals surface area contributed by atoms with Crippen molar-refractivity contribution in [3.63, 3.8) is 0 Å². The van der Waals surface area contributed by atoms with Crippen LogP contribution >= 0.6 is 11.6 Å². The molecule has 4 rings (SSSR count). The Bertz CT molecular complexity index is 1480. The van der Waals surface area contributed by atoms with Gasteiger partial charge in [-0.2, -0.15) is 36.3 Å². The third-order valence-corrected chi connectivity index (χ3v) is 4.90. The van der Waals surface area contributed by atoms with Gasteiger partial charge in [-0.15, -0.1) is 0 Å². The molecule has 4 N–H and O–H groups in total. The van der Waals surface area contributed by atoms with Gasteiger partial charge in [0.2, 0.25) is 5.95 Å². The third kappa shape index (κ3) is 6.70. The lowest BCUT2D eigenvalue weighted by Gasteiger charge is -2.17. The van der Waals surface area contributed by atoms with Crippen molar-refractivity contribution in [3.05, 3.63) is 65.2 Å². The van der Waals surface area contributed by atoms with Crippen molar-refractivity contribution in [3.8, 4) is 22.8 Å². The first kappa shape index (κ1) is 28.2. The Hall–Kier alpha value is -4.33. The van der Waals surface area contributed by atoms with Gasteiger partial charge in [0, 0.05) is 12.1 Å². The Morgan fingerprint density at radius 3 is 2.24 bits per heavy atom. The Morgan fingerprint density at radius 2 is 1.66 bits per heavy atom. The molecule has 0 atom stereocenters. The zero-order chi connectivity index (χ0) is 28.3. The summed E-state index contributed by atoms with van der Waals surface area (Å²) in [5, 5.41) is 10.9. The van der Waals surface area contributed by atoms with E-state index in [0.29, 0.717) is 16.2 Å². The van der Waals surface area contributed by atoms with Crippen LogP contribution < -0.4 is 15.8 Å². The van der Waals surface area contributed by atoms with Gasteiger partial charge in [-0.25, -0.2) is 9.78 Å². The summed E-state index contributed by atoms with van der Waals surface area (Å²) in [6.07, 6.45) is -9.72. The van der Waals surface area contributed by atoms with Crippen molar-refractivity contribution >= 4 is 40.4 Å². The molecule has 0 unspecified atom stereocenters. The predicted molar refractivity (Wildman–Crippen MR) is 127 cm³/mol. The maximum atomic E-state index is 13.9. The lowest BCUT2D eigenvalue weighted by atomic mass is 10.0. The van der Waals surface area contributed by atoms with Crippen LogP contribution in [0.4, 0.5) is 38.1 Å². The molecule has 0 saturated carbocycles. The molecular formula is C23H16ClF6N5O3. The number of nitrogens with one attached hydrogen (secondary N) is 1. The zero-order valence-electron chi connectivity index (χ0n) is 19.0. The highest BCUT2D eigenvalue weighted by Crippen LogP contribution is 2.43. The summed E-state index contributed by atoms with van der Waals surface area (Å²) < 4.78 is 79.1. The molecule has 2 aromatic heterocycles. The average molecular weight is 560 g/mol. The van der Waals surface area contributed by atoms with Gasteiger partial charge >= 0.3 is 18.3 Å². The molecule has 0 radical (unpaired) electrons. The van der Waals surface area contributed by atoms with E-state index in [1.807, 2.05) is 0 Å². The molecule has 2 heterocycles. The van der Waals surface area contributed by atoms with E-state index < -0.39 is 23.9 Å². The molecule has 0 aliphatic carbocycles. The molecule has 0 aliphatic rings. The minimum atomic E-state index is -5.08. The predicted octanol–water partition coefficient (Wildman–Crippen LogP) is 6.41. The van der Waals surface area contributed by atoms with Crippen molar-refractivity contribution in [2.75, 3.05) is 18.1 Å². The van der Waals surface area contributed by atoms with Gasteiger partial charge in [0.05, 0.1) is 22.2 Å². The second-order valence-corrected chi connectivity index (χ2v) is 7.72. The number of rotatable bonds is 4. The average Bonchev–Trinajstić information content (AvgIpc) is 2.82. The van der Waals surface area contributed by atoms with Crippen molar-refractivity contribution in [1.29, 1.82) is 0 Å². The Balaban J connectivity index is 0.000000505. The number of nitrogens with two attached hydrogens (primary N) is 1. The molecule has 0 amide bonds. The summed E-state index contributed by atoms with van der Waals surface area (Å²) in [6.45, 7) is 0. The fourth-order valence-corrected chi connectivity index (χ4v) is 3.31. The number of anilines is 2. The van der Waals surface area contributed by atoms with E-state index >= 15 is 0 Å². The molecule has 0 saturated heterocycles. The van der Waals surface area contributed by atoms with Crippen LogP contribution in [0.1, 0.15) is 5.56 Å². The fourth-order valence-electron chi connectivity index (χ4n) is 3.13. The Kier molecular flexibility index (Phi) is 8.15.